The van der Waals surface area contributed by atoms with Crippen molar-refractivity contribution in [2.45, 2.75) is 25.1 Å². The van der Waals surface area contributed by atoms with Crippen LogP contribution in [-0.2, 0) is 16.6 Å². The molecule has 1 aromatic rings. The molecule has 2 N–H and O–H groups in total. The molecule has 96 valence electrons. The van der Waals surface area contributed by atoms with Gasteiger partial charge in [0.15, 0.2) is 0 Å². The SMILES string of the molecule is Cc1cnn(CCNS(=O)(=O)C2CCNC2)c1. The lowest BCUT2D eigenvalue weighted by atomic mass is 10.4. The van der Waals surface area contributed by atoms with E-state index in [-0.39, 0.29) is 5.25 Å². The van der Waals surface area contributed by atoms with Gasteiger partial charge in [0, 0.05) is 19.3 Å². The maximum atomic E-state index is 11.8. The fourth-order valence-corrected chi connectivity index (χ4v) is 3.28. The predicted molar refractivity (Wildman–Crippen MR) is 65.2 cm³/mol. The predicted octanol–water partition coefficient (Wildman–Crippen LogP) is -0.527. The van der Waals surface area contributed by atoms with E-state index in [2.05, 4.69) is 15.1 Å². The summed E-state index contributed by atoms with van der Waals surface area (Å²) in [5, 5.41) is 6.87. The smallest absolute Gasteiger partial charge is 0.215 e. The molecule has 1 atom stereocenters. The third-order valence-electron chi connectivity index (χ3n) is 2.86. The van der Waals surface area contributed by atoms with Gasteiger partial charge in [-0.05, 0) is 25.5 Å². The van der Waals surface area contributed by atoms with E-state index < -0.39 is 10.0 Å². The monoisotopic (exact) mass is 258 g/mol. The van der Waals surface area contributed by atoms with E-state index in [0.717, 1.165) is 12.1 Å². The van der Waals surface area contributed by atoms with E-state index in [4.69, 9.17) is 0 Å². The van der Waals surface area contributed by atoms with E-state index in [1.807, 2.05) is 13.1 Å². The highest BCUT2D eigenvalue weighted by Crippen LogP contribution is 2.07. The summed E-state index contributed by atoms with van der Waals surface area (Å²) in [6.07, 6.45) is 4.34. The molecule has 0 saturated carbocycles. The first-order valence-corrected chi connectivity index (χ1v) is 7.31. The van der Waals surface area contributed by atoms with E-state index in [1.54, 1.807) is 10.9 Å². The number of rotatable bonds is 5. The molecule has 1 fully saturated rings. The lowest BCUT2D eigenvalue weighted by molar-refractivity contribution is 0.550. The van der Waals surface area contributed by atoms with E-state index in [9.17, 15) is 8.42 Å². The van der Waals surface area contributed by atoms with Crippen molar-refractivity contribution in [1.29, 1.82) is 0 Å². The van der Waals surface area contributed by atoms with Gasteiger partial charge in [-0.2, -0.15) is 5.10 Å². The van der Waals surface area contributed by atoms with Gasteiger partial charge >= 0.3 is 0 Å². The van der Waals surface area contributed by atoms with Crippen molar-refractivity contribution in [3.8, 4) is 0 Å². The summed E-state index contributed by atoms with van der Waals surface area (Å²) < 4.78 is 28.1. The number of sulfonamides is 1. The van der Waals surface area contributed by atoms with Gasteiger partial charge in [0.1, 0.15) is 0 Å². The molecular formula is C10H18N4O2S. The van der Waals surface area contributed by atoms with Crippen molar-refractivity contribution in [2.24, 2.45) is 0 Å². The Labute approximate surface area is 101 Å². The second-order valence-electron chi connectivity index (χ2n) is 4.33. The maximum absolute atomic E-state index is 11.8. The van der Waals surface area contributed by atoms with Crippen LogP contribution in [0.1, 0.15) is 12.0 Å². The lowest BCUT2D eigenvalue weighted by Gasteiger charge is -2.11. The van der Waals surface area contributed by atoms with Crippen LogP contribution in [0.4, 0.5) is 0 Å². The fourth-order valence-electron chi connectivity index (χ4n) is 1.90. The van der Waals surface area contributed by atoms with Gasteiger partial charge in [0.25, 0.3) is 0 Å². The molecule has 1 unspecified atom stereocenters. The van der Waals surface area contributed by atoms with Gasteiger partial charge in [-0.3, -0.25) is 4.68 Å². The van der Waals surface area contributed by atoms with Crippen molar-refractivity contribution in [3.63, 3.8) is 0 Å². The summed E-state index contributed by atoms with van der Waals surface area (Å²) in [4.78, 5) is 0. The van der Waals surface area contributed by atoms with Crippen molar-refractivity contribution < 1.29 is 8.42 Å². The Morgan fingerprint density at radius 2 is 2.47 bits per heavy atom. The zero-order valence-electron chi connectivity index (χ0n) is 9.89. The van der Waals surface area contributed by atoms with Crippen molar-refractivity contribution >= 4 is 10.0 Å². The van der Waals surface area contributed by atoms with Crippen molar-refractivity contribution in [3.05, 3.63) is 18.0 Å². The summed E-state index contributed by atoms with van der Waals surface area (Å²) in [5.74, 6) is 0. The Balaban J connectivity index is 1.81. The molecule has 2 heterocycles. The average Bonchev–Trinajstić information content (AvgIpc) is 2.89. The average molecular weight is 258 g/mol. The summed E-state index contributed by atoms with van der Waals surface area (Å²) in [6.45, 7) is 4.24. The Morgan fingerprint density at radius 1 is 1.65 bits per heavy atom. The van der Waals surface area contributed by atoms with Crippen LogP contribution in [0.5, 0.6) is 0 Å². The minimum atomic E-state index is -3.18. The summed E-state index contributed by atoms with van der Waals surface area (Å²) in [6, 6.07) is 0. The van der Waals surface area contributed by atoms with Crippen LogP contribution in [0.25, 0.3) is 0 Å². The molecule has 0 spiro atoms. The standard InChI is InChI=1S/C10H18N4O2S/c1-9-6-12-14(8-9)5-4-13-17(15,16)10-2-3-11-7-10/h6,8,10-11,13H,2-5,7H2,1H3. The van der Waals surface area contributed by atoms with Gasteiger partial charge in [0.2, 0.25) is 10.0 Å². The van der Waals surface area contributed by atoms with Crippen LogP contribution in [-0.4, -0.2) is 43.1 Å². The zero-order valence-corrected chi connectivity index (χ0v) is 10.7. The van der Waals surface area contributed by atoms with Gasteiger partial charge in [-0.1, -0.05) is 0 Å². The molecule has 1 saturated heterocycles. The van der Waals surface area contributed by atoms with Crippen molar-refractivity contribution in [1.82, 2.24) is 19.8 Å². The fraction of sp³-hybridized carbons (Fsp3) is 0.700. The van der Waals surface area contributed by atoms with Crippen LogP contribution >= 0.6 is 0 Å². The molecular weight excluding hydrogens is 240 g/mol. The van der Waals surface area contributed by atoms with Gasteiger partial charge < -0.3 is 5.32 Å². The molecule has 0 radical (unpaired) electrons. The van der Waals surface area contributed by atoms with E-state index in [0.29, 0.717) is 26.1 Å². The van der Waals surface area contributed by atoms with Crippen LogP contribution in [0.15, 0.2) is 12.4 Å². The highest BCUT2D eigenvalue weighted by Gasteiger charge is 2.27. The van der Waals surface area contributed by atoms with Crippen LogP contribution in [0.2, 0.25) is 0 Å². The molecule has 0 aromatic carbocycles. The topological polar surface area (TPSA) is 76.0 Å². The molecule has 1 aliphatic rings. The number of hydrogen-bond donors (Lipinski definition) is 2. The van der Waals surface area contributed by atoms with Gasteiger partial charge in [-0.15, -0.1) is 0 Å². The Morgan fingerprint density at radius 3 is 3.06 bits per heavy atom. The van der Waals surface area contributed by atoms with Gasteiger partial charge in [0.05, 0.1) is 18.0 Å². The summed E-state index contributed by atoms with van der Waals surface area (Å²) in [7, 11) is -3.18. The number of aryl methyl sites for hydroxylation is 1. The number of aromatic nitrogens is 2. The molecule has 0 aliphatic carbocycles. The molecule has 6 nitrogen and oxygen atoms in total. The third kappa shape index (κ3) is 3.27. The largest absolute Gasteiger partial charge is 0.315 e. The summed E-state index contributed by atoms with van der Waals surface area (Å²) >= 11 is 0. The van der Waals surface area contributed by atoms with Crippen molar-refractivity contribution in [2.75, 3.05) is 19.6 Å². The Kier molecular flexibility index (Phi) is 3.80. The van der Waals surface area contributed by atoms with Crippen LogP contribution in [0.3, 0.4) is 0 Å². The van der Waals surface area contributed by atoms with E-state index >= 15 is 0 Å². The molecule has 7 heteroatoms. The maximum Gasteiger partial charge on any atom is 0.215 e. The third-order valence-corrected chi connectivity index (χ3v) is 4.75. The first-order chi connectivity index (χ1) is 8.08. The normalized spacial score (nSPS) is 20.9. The molecule has 0 bridgehead atoms. The van der Waals surface area contributed by atoms with Crippen LogP contribution in [0, 0.1) is 6.92 Å². The quantitative estimate of drug-likeness (QED) is 0.744. The molecule has 0 amide bonds. The zero-order chi connectivity index (χ0) is 12.3. The van der Waals surface area contributed by atoms with Crippen LogP contribution < -0.4 is 10.0 Å². The Bertz CT molecular complexity index is 462. The minimum Gasteiger partial charge on any atom is -0.315 e. The lowest BCUT2D eigenvalue weighted by Crippen LogP contribution is -2.37. The number of hydrogen-bond acceptors (Lipinski definition) is 4. The first kappa shape index (κ1) is 12.5. The number of nitrogens with zero attached hydrogens (tertiary/aromatic N) is 2. The minimum absolute atomic E-state index is 0.290. The first-order valence-electron chi connectivity index (χ1n) is 5.76. The highest BCUT2D eigenvalue weighted by molar-refractivity contribution is 7.90. The second-order valence-corrected chi connectivity index (χ2v) is 6.38. The second kappa shape index (κ2) is 5.16. The van der Waals surface area contributed by atoms with Gasteiger partial charge in [-0.25, -0.2) is 13.1 Å². The molecule has 1 aromatic heterocycles. The highest BCUT2D eigenvalue weighted by atomic mass is 32.2. The molecule has 2 rings (SSSR count). The molecule has 1 aliphatic heterocycles. The molecule has 17 heavy (non-hydrogen) atoms. The number of nitrogens with one attached hydrogen (secondary N) is 2. The Hall–Kier alpha value is -0.920. The van der Waals surface area contributed by atoms with E-state index in [1.165, 1.54) is 0 Å². The summed E-state index contributed by atoms with van der Waals surface area (Å²) in [5.41, 5.74) is 1.08.